The van der Waals surface area contributed by atoms with Crippen molar-refractivity contribution in [3.63, 3.8) is 0 Å². The third-order valence-corrected chi connectivity index (χ3v) is 5.06. The number of aromatic nitrogens is 4. The molecule has 2 N–H and O–H groups in total. The number of fused-ring (bicyclic) bond motifs is 2. The summed E-state index contributed by atoms with van der Waals surface area (Å²) in [6, 6.07) is 12.6. The van der Waals surface area contributed by atoms with Crippen molar-refractivity contribution in [2.24, 2.45) is 5.92 Å². The van der Waals surface area contributed by atoms with Crippen molar-refractivity contribution < 1.29 is 4.79 Å². The molecule has 0 bridgehead atoms. The number of pyridine rings is 1. The minimum absolute atomic E-state index is 0.00751. The zero-order valence-electron chi connectivity index (χ0n) is 15.7. The molecule has 2 unspecified atom stereocenters. The third-order valence-electron chi connectivity index (χ3n) is 5.06. The highest BCUT2D eigenvalue weighted by atomic mass is 16.2. The summed E-state index contributed by atoms with van der Waals surface area (Å²) in [6.45, 7) is 4.10. The van der Waals surface area contributed by atoms with Crippen LogP contribution in [-0.4, -0.2) is 25.3 Å². The van der Waals surface area contributed by atoms with Crippen LogP contribution in [0.25, 0.3) is 16.7 Å². The second-order valence-electron chi connectivity index (χ2n) is 6.88. The molecule has 142 valence electrons. The average Bonchev–Trinajstić information content (AvgIpc) is 3.15. The van der Waals surface area contributed by atoms with Crippen LogP contribution in [0.3, 0.4) is 0 Å². The van der Waals surface area contributed by atoms with E-state index in [0.717, 1.165) is 17.5 Å². The van der Waals surface area contributed by atoms with Crippen LogP contribution in [0.15, 0.2) is 59.7 Å². The first kappa shape index (κ1) is 17.9. The van der Waals surface area contributed by atoms with E-state index >= 15 is 0 Å². The lowest BCUT2D eigenvalue weighted by Crippen LogP contribution is -2.37. The van der Waals surface area contributed by atoms with Gasteiger partial charge in [0, 0.05) is 12.4 Å². The summed E-state index contributed by atoms with van der Waals surface area (Å²) >= 11 is 0. The summed E-state index contributed by atoms with van der Waals surface area (Å²) in [7, 11) is 0. The number of imidazole rings is 1. The van der Waals surface area contributed by atoms with E-state index < -0.39 is 11.5 Å². The standard InChI is InChI=1S/C21H21N5O2/c1-3-13(2)18(19-23-15-8-4-5-9-16(15)24-19)25-20(27)14-12-22-17-10-6-7-11-26(17)21(14)28/h4-13,18H,3H2,1-2H3,(H,23,24)(H,25,27). The first-order chi connectivity index (χ1) is 13.6. The Morgan fingerprint density at radius 1 is 1.21 bits per heavy atom. The number of carbonyl (C=O) groups is 1. The Hall–Kier alpha value is -3.48. The summed E-state index contributed by atoms with van der Waals surface area (Å²) in [5, 5.41) is 2.98. The summed E-state index contributed by atoms with van der Waals surface area (Å²) in [4.78, 5) is 37.8. The molecule has 4 rings (SSSR count). The van der Waals surface area contributed by atoms with Crippen molar-refractivity contribution >= 4 is 22.6 Å². The molecular formula is C21H21N5O2. The van der Waals surface area contributed by atoms with Crippen molar-refractivity contribution in [3.8, 4) is 0 Å². The predicted molar refractivity (Wildman–Crippen MR) is 107 cm³/mol. The largest absolute Gasteiger partial charge is 0.342 e. The second-order valence-corrected chi connectivity index (χ2v) is 6.88. The molecule has 3 heterocycles. The molecule has 4 aromatic rings. The van der Waals surface area contributed by atoms with Crippen LogP contribution >= 0.6 is 0 Å². The van der Waals surface area contributed by atoms with Gasteiger partial charge in [0.1, 0.15) is 17.0 Å². The molecule has 0 aliphatic heterocycles. The number of para-hydroxylation sites is 2. The molecule has 0 radical (unpaired) electrons. The van der Waals surface area contributed by atoms with Crippen molar-refractivity contribution in [2.45, 2.75) is 26.3 Å². The van der Waals surface area contributed by atoms with Gasteiger partial charge in [-0.1, -0.05) is 38.5 Å². The van der Waals surface area contributed by atoms with Gasteiger partial charge in [-0.2, -0.15) is 0 Å². The predicted octanol–water partition coefficient (Wildman–Crippen LogP) is 3.09. The van der Waals surface area contributed by atoms with Crippen LogP contribution < -0.4 is 10.9 Å². The lowest BCUT2D eigenvalue weighted by atomic mass is 9.98. The van der Waals surface area contributed by atoms with E-state index in [9.17, 15) is 9.59 Å². The number of aromatic amines is 1. The monoisotopic (exact) mass is 375 g/mol. The molecule has 7 heteroatoms. The van der Waals surface area contributed by atoms with Gasteiger partial charge in [-0.05, 0) is 30.2 Å². The molecule has 1 aromatic carbocycles. The first-order valence-electron chi connectivity index (χ1n) is 9.30. The Bertz CT molecular complexity index is 1180. The zero-order valence-corrected chi connectivity index (χ0v) is 15.7. The van der Waals surface area contributed by atoms with Gasteiger partial charge in [-0.15, -0.1) is 0 Å². The lowest BCUT2D eigenvalue weighted by Gasteiger charge is -2.22. The van der Waals surface area contributed by atoms with Crippen LogP contribution in [0.2, 0.25) is 0 Å². The molecule has 0 fully saturated rings. The normalized spacial score (nSPS) is 13.5. The van der Waals surface area contributed by atoms with Crippen LogP contribution in [-0.2, 0) is 0 Å². The van der Waals surface area contributed by atoms with Gasteiger partial charge in [0.05, 0.1) is 17.1 Å². The molecule has 0 saturated carbocycles. The SMILES string of the molecule is CCC(C)C(NC(=O)c1cnc2ccccn2c1=O)c1nc2ccccc2[nH]1. The maximum absolute atomic E-state index is 12.9. The number of nitrogens with zero attached hydrogens (tertiary/aromatic N) is 3. The Kier molecular flexibility index (Phi) is 4.65. The fourth-order valence-electron chi connectivity index (χ4n) is 3.24. The third kappa shape index (κ3) is 3.15. The molecule has 7 nitrogen and oxygen atoms in total. The van der Waals surface area contributed by atoms with Crippen molar-refractivity contribution in [1.29, 1.82) is 0 Å². The highest BCUT2D eigenvalue weighted by Crippen LogP contribution is 2.24. The smallest absolute Gasteiger partial charge is 0.270 e. The van der Waals surface area contributed by atoms with Gasteiger partial charge in [0.15, 0.2) is 0 Å². The van der Waals surface area contributed by atoms with Gasteiger partial charge < -0.3 is 10.3 Å². The van der Waals surface area contributed by atoms with Crippen molar-refractivity contribution in [2.75, 3.05) is 0 Å². The summed E-state index contributed by atoms with van der Waals surface area (Å²) in [5.74, 6) is 0.347. The van der Waals surface area contributed by atoms with E-state index in [1.54, 1.807) is 24.4 Å². The van der Waals surface area contributed by atoms with E-state index in [0.29, 0.717) is 11.5 Å². The van der Waals surface area contributed by atoms with Crippen molar-refractivity contribution in [1.82, 2.24) is 24.7 Å². The average molecular weight is 375 g/mol. The van der Waals surface area contributed by atoms with Gasteiger partial charge >= 0.3 is 0 Å². The molecule has 2 atom stereocenters. The molecule has 28 heavy (non-hydrogen) atoms. The van der Waals surface area contributed by atoms with Crippen molar-refractivity contribution in [3.05, 3.63) is 76.6 Å². The topological polar surface area (TPSA) is 92.2 Å². The molecule has 0 aliphatic carbocycles. The number of H-pyrrole nitrogens is 1. The zero-order chi connectivity index (χ0) is 19.7. The van der Waals surface area contributed by atoms with Crippen LogP contribution in [0, 0.1) is 5.92 Å². The molecule has 0 aliphatic rings. The molecule has 0 saturated heterocycles. The van der Waals surface area contributed by atoms with Crippen LogP contribution in [0.4, 0.5) is 0 Å². The van der Waals surface area contributed by atoms with E-state index in [1.807, 2.05) is 31.2 Å². The molecule has 0 spiro atoms. The maximum Gasteiger partial charge on any atom is 0.270 e. The van der Waals surface area contributed by atoms with Crippen LogP contribution in [0.1, 0.15) is 42.5 Å². The van der Waals surface area contributed by atoms with Crippen LogP contribution in [0.5, 0.6) is 0 Å². The van der Waals surface area contributed by atoms with Gasteiger partial charge in [0.2, 0.25) is 0 Å². The number of nitrogens with one attached hydrogen (secondary N) is 2. The Labute approximate surface area is 161 Å². The Morgan fingerprint density at radius 3 is 2.79 bits per heavy atom. The van der Waals surface area contributed by atoms with E-state index in [-0.39, 0.29) is 17.5 Å². The molecular weight excluding hydrogens is 354 g/mol. The molecule has 3 aromatic heterocycles. The number of rotatable bonds is 5. The Balaban J connectivity index is 1.70. The van der Waals surface area contributed by atoms with Gasteiger partial charge in [-0.25, -0.2) is 9.97 Å². The fraction of sp³-hybridized carbons (Fsp3) is 0.238. The van der Waals surface area contributed by atoms with Gasteiger partial charge in [-0.3, -0.25) is 14.0 Å². The highest BCUT2D eigenvalue weighted by molar-refractivity contribution is 5.94. The highest BCUT2D eigenvalue weighted by Gasteiger charge is 2.25. The fourth-order valence-corrected chi connectivity index (χ4v) is 3.24. The number of hydrogen-bond donors (Lipinski definition) is 2. The lowest BCUT2D eigenvalue weighted by molar-refractivity contribution is 0.0918. The van der Waals surface area contributed by atoms with E-state index in [2.05, 4.69) is 27.2 Å². The minimum atomic E-state index is -0.457. The number of benzene rings is 1. The number of carbonyl (C=O) groups excluding carboxylic acids is 1. The quantitative estimate of drug-likeness (QED) is 0.561. The van der Waals surface area contributed by atoms with E-state index in [4.69, 9.17) is 0 Å². The summed E-state index contributed by atoms with van der Waals surface area (Å²) in [6.07, 6.45) is 3.78. The van der Waals surface area contributed by atoms with E-state index in [1.165, 1.54) is 10.6 Å². The number of amides is 1. The number of hydrogen-bond acceptors (Lipinski definition) is 4. The van der Waals surface area contributed by atoms with Gasteiger partial charge in [0.25, 0.3) is 11.5 Å². The summed E-state index contributed by atoms with van der Waals surface area (Å²) in [5.41, 5.74) is 1.86. The minimum Gasteiger partial charge on any atom is -0.342 e. The Morgan fingerprint density at radius 2 is 2.00 bits per heavy atom. The molecule has 1 amide bonds. The first-order valence-corrected chi connectivity index (χ1v) is 9.30. The summed E-state index contributed by atoms with van der Waals surface area (Å²) < 4.78 is 1.37. The maximum atomic E-state index is 12.9. The second kappa shape index (κ2) is 7.26.